The highest BCUT2D eigenvalue weighted by Crippen LogP contribution is 2.50. The van der Waals surface area contributed by atoms with Crippen LogP contribution in [0, 0.1) is 11.8 Å². The number of benzene rings is 3. The molecule has 0 spiro atoms. The van der Waals surface area contributed by atoms with E-state index in [2.05, 4.69) is 18.2 Å². The molecule has 1 atom stereocenters. The van der Waals surface area contributed by atoms with Gasteiger partial charge >= 0.3 is 11.9 Å². The maximum atomic E-state index is 14.2. The number of fused-ring (bicyclic) bond motifs is 3. The monoisotopic (exact) mass is 568 g/mol. The smallest absolute Gasteiger partial charge is 0.339 e. The van der Waals surface area contributed by atoms with Crippen molar-refractivity contribution in [3.63, 3.8) is 0 Å². The van der Waals surface area contributed by atoms with Crippen molar-refractivity contribution in [3.05, 3.63) is 65.3 Å². The molecule has 8 nitrogen and oxygen atoms in total. The molecule has 2 aliphatic carbocycles. The van der Waals surface area contributed by atoms with Crippen molar-refractivity contribution in [3.8, 4) is 39.9 Å². The van der Waals surface area contributed by atoms with Crippen LogP contribution in [0.5, 0.6) is 28.7 Å². The normalized spacial score (nSPS) is 18.0. The molecule has 0 radical (unpaired) electrons. The molecule has 3 aromatic carbocycles. The van der Waals surface area contributed by atoms with Gasteiger partial charge in [-0.3, -0.25) is 4.79 Å². The molecule has 0 amide bonds. The lowest BCUT2D eigenvalue weighted by Crippen LogP contribution is -2.29. The first-order valence-corrected chi connectivity index (χ1v) is 14.5. The molecule has 3 aromatic rings. The summed E-state index contributed by atoms with van der Waals surface area (Å²) in [6.07, 6.45) is 12.4. The number of carbonyl (C=O) groups excluding carboxylic acids is 2. The number of esters is 2. The molecule has 1 unspecified atom stereocenters. The Morgan fingerprint density at radius 2 is 1.67 bits per heavy atom. The van der Waals surface area contributed by atoms with Crippen molar-refractivity contribution in [2.24, 2.45) is 11.8 Å². The molecule has 1 saturated carbocycles. The molecular weight excluding hydrogens is 536 g/mol. The number of rotatable bonds is 7. The minimum Gasteiger partial charge on any atom is -0.493 e. The van der Waals surface area contributed by atoms with Crippen LogP contribution in [-0.4, -0.2) is 33.0 Å². The fraction of sp³-hybridized carbons (Fsp3) is 0.353. The zero-order chi connectivity index (χ0) is 28.8. The van der Waals surface area contributed by atoms with Crippen LogP contribution in [-0.2, 0) is 16.1 Å². The zero-order valence-corrected chi connectivity index (χ0v) is 23.7. The molecule has 2 aliphatic heterocycles. The van der Waals surface area contributed by atoms with Gasteiger partial charge in [-0.25, -0.2) is 4.79 Å². The van der Waals surface area contributed by atoms with E-state index in [1.807, 2.05) is 24.3 Å². The van der Waals surface area contributed by atoms with Gasteiger partial charge in [0.1, 0.15) is 12.4 Å². The average molecular weight is 569 g/mol. The summed E-state index contributed by atoms with van der Waals surface area (Å²) in [5, 5.41) is 1.30. The van der Waals surface area contributed by atoms with Crippen molar-refractivity contribution < 1.29 is 38.0 Å². The molecule has 8 heteroatoms. The fourth-order valence-corrected chi connectivity index (χ4v) is 6.80. The lowest BCUT2D eigenvalue weighted by Gasteiger charge is -2.25. The Bertz CT molecular complexity index is 1660. The van der Waals surface area contributed by atoms with E-state index in [4.69, 9.17) is 28.4 Å². The topological polar surface area (TPSA) is 89.5 Å². The molecule has 42 heavy (non-hydrogen) atoms. The lowest BCUT2D eigenvalue weighted by molar-refractivity contribution is -0.139. The largest absolute Gasteiger partial charge is 0.493 e. The summed E-state index contributed by atoms with van der Waals surface area (Å²) in [5.74, 6) is 1.56. The van der Waals surface area contributed by atoms with E-state index < -0.39 is 5.97 Å². The summed E-state index contributed by atoms with van der Waals surface area (Å²) in [4.78, 5) is 27.5. The van der Waals surface area contributed by atoms with Gasteiger partial charge in [-0.2, -0.15) is 0 Å². The zero-order valence-electron chi connectivity index (χ0n) is 23.7. The quantitative estimate of drug-likeness (QED) is 0.224. The first kappa shape index (κ1) is 26.4. The van der Waals surface area contributed by atoms with E-state index >= 15 is 0 Å². The van der Waals surface area contributed by atoms with Crippen molar-refractivity contribution >= 4 is 22.7 Å². The maximum Gasteiger partial charge on any atom is 0.339 e. The second-order valence-corrected chi connectivity index (χ2v) is 11.1. The third-order valence-corrected chi connectivity index (χ3v) is 8.79. The van der Waals surface area contributed by atoms with Gasteiger partial charge in [0.15, 0.2) is 23.0 Å². The van der Waals surface area contributed by atoms with E-state index in [9.17, 15) is 9.59 Å². The third kappa shape index (κ3) is 4.37. The Hall–Kier alpha value is -4.46. The molecule has 4 aliphatic rings. The standard InChI is InChI=1S/C34H32O8/c1-37-26-15-22-23(16-27(26)38-2)32(42-34(36)29(20-10-6-7-11-20)19-8-4-3-5-9-19)24-17-39-33(35)31(24)30(22)21-12-13-25-28(14-21)41-18-40-25/h4,8-9,12-16,20,29H,3,5-7,10-11,17-18H2,1-2H3. The van der Waals surface area contributed by atoms with Crippen LogP contribution >= 0.6 is 0 Å². The number of ether oxygens (including phenoxy) is 6. The first-order valence-electron chi connectivity index (χ1n) is 14.5. The Balaban J connectivity index is 1.43. The van der Waals surface area contributed by atoms with E-state index in [-0.39, 0.29) is 31.2 Å². The van der Waals surface area contributed by atoms with Gasteiger partial charge in [-0.15, -0.1) is 0 Å². The first-order chi connectivity index (χ1) is 20.6. The fourth-order valence-electron chi connectivity index (χ4n) is 6.80. The molecule has 0 N–H and O–H groups in total. The lowest BCUT2D eigenvalue weighted by atomic mass is 9.82. The van der Waals surface area contributed by atoms with Gasteiger partial charge in [-0.05, 0) is 72.4 Å². The minimum absolute atomic E-state index is 0.00465. The highest BCUT2D eigenvalue weighted by Gasteiger charge is 2.38. The number of hydrogen-bond acceptors (Lipinski definition) is 8. The van der Waals surface area contributed by atoms with E-state index in [0.29, 0.717) is 56.2 Å². The van der Waals surface area contributed by atoms with E-state index in [0.717, 1.165) is 49.7 Å². The van der Waals surface area contributed by atoms with Crippen molar-refractivity contribution in [2.75, 3.05) is 21.0 Å². The summed E-state index contributed by atoms with van der Waals surface area (Å²) in [7, 11) is 3.12. The maximum absolute atomic E-state index is 14.2. The summed E-state index contributed by atoms with van der Waals surface area (Å²) in [6.45, 7) is 0.128. The molecule has 7 rings (SSSR count). The van der Waals surface area contributed by atoms with Crippen LogP contribution < -0.4 is 23.7 Å². The number of carbonyl (C=O) groups is 2. The molecular formula is C34H32O8. The van der Waals surface area contributed by atoms with Crippen LogP contribution in [0.1, 0.15) is 54.4 Å². The molecule has 0 saturated heterocycles. The van der Waals surface area contributed by atoms with Crippen LogP contribution in [0.25, 0.3) is 21.9 Å². The van der Waals surface area contributed by atoms with Crippen LogP contribution in [0.4, 0.5) is 0 Å². The van der Waals surface area contributed by atoms with Crippen LogP contribution in [0.15, 0.2) is 54.1 Å². The summed E-state index contributed by atoms with van der Waals surface area (Å²) >= 11 is 0. The van der Waals surface area contributed by atoms with E-state index in [1.165, 1.54) is 0 Å². The molecule has 1 fully saturated rings. The average Bonchev–Trinajstić information content (AvgIpc) is 3.79. The highest BCUT2D eigenvalue weighted by atomic mass is 16.7. The van der Waals surface area contributed by atoms with E-state index in [1.54, 1.807) is 20.3 Å². The number of methoxy groups -OCH3 is 2. The van der Waals surface area contributed by atoms with Crippen LogP contribution in [0.3, 0.4) is 0 Å². The molecule has 216 valence electrons. The van der Waals surface area contributed by atoms with Crippen molar-refractivity contribution in [1.82, 2.24) is 0 Å². The van der Waals surface area contributed by atoms with Gasteiger partial charge in [0.2, 0.25) is 6.79 Å². The van der Waals surface area contributed by atoms with Gasteiger partial charge in [0, 0.05) is 16.5 Å². The SMILES string of the molecule is COc1cc2c(OC(=O)C(C3=CCCC=C3)C3CCCC3)c3c(c(-c4ccc5c(c4)OCO5)c2cc1OC)C(=O)OC3. The molecule has 0 bridgehead atoms. The van der Waals surface area contributed by atoms with Gasteiger partial charge in [0.05, 0.1) is 25.7 Å². The van der Waals surface area contributed by atoms with Gasteiger partial charge in [0.25, 0.3) is 0 Å². The summed E-state index contributed by atoms with van der Waals surface area (Å²) in [5.41, 5.74) is 3.31. The van der Waals surface area contributed by atoms with Gasteiger partial charge < -0.3 is 28.4 Å². The second-order valence-electron chi connectivity index (χ2n) is 11.1. The predicted octanol–water partition coefficient (Wildman–Crippen LogP) is 6.91. The molecule has 0 aromatic heterocycles. The molecule has 2 heterocycles. The Morgan fingerprint density at radius 1 is 0.905 bits per heavy atom. The Labute approximate surface area is 243 Å². The highest BCUT2D eigenvalue weighted by molar-refractivity contribution is 6.14. The second kappa shape index (κ2) is 10.7. The number of hydrogen-bond donors (Lipinski definition) is 0. The summed E-state index contributed by atoms with van der Waals surface area (Å²) in [6, 6.07) is 9.18. The third-order valence-electron chi connectivity index (χ3n) is 8.79. The summed E-state index contributed by atoms with van der Waals surface area (Å²) < 4.78 is 34.5. The van der Waals surface area contributed by atoms with Crippen molar-refractivity contribution in [2.45, 2.75) is 45.1 Å². The Kier molecular flexibility index (Phi) is 6.76. The number of cyclic esters (lactones) is 1. The van der Waals surface area contributed by atoms with Crippen LogP contribution in [0.2, 0.25) is 0 Å². The Morgan fingerprint density at radius 3 is 2.40 bits per heavy atom. The number of allylic oxidation sites excluding steroid dienone is 3. The van der Waals surface area contributed by atoms with Gasteiger partial charge in [-0.1, -0.05) is 37.1 Å². The van der Waals surface area contributed by atoms with Crippen molar-refractivity contribution in [1.29, 1.82) is 0 Å². The minimum atomic E-state index is -0.475. The predicted molar refractivity (Wildman–Crippen MR) is 155 cm³/mol.